The number of nitrogens with one attached hydrogen (secondary N) is 2. The van der Waals surface area contributed by atoms with E-state index in [0.717, 1.165) is 6.07 Å². The summed E-state index contributed by atoms with van der Waals surface area (Å²) in [6.07, 6.45) is 0. The Bertz CT molecular complexity index is 473. The number of amides is 1. The predicted molar refractivity (Wildman–Crippen MR) is 54.9 cm³/mol. The number of esters is 1. The monoisotopic (exact) mass is 224 g/mol. The molecule has 1 aromatic carbocycles. The van der Waals surface area contributed by atoms with Gasteiger partial charge in [-0.25, -0.2) is 9.18 Å². The molecule has 0 unspecified atom stereocenters. The van der Waals surface area contributed by atoms with E-state index in [-0.39, 0.29) is 23.7 Å². The topological polar surface area (TPSA) is 67.4 Å². The number of hydrogen-bond acceptors (Lipinski definition) is 4. The van der Waals surface area contributed by atoms with E-state index in [1.54, 1.807) is 0 Å². The molecule has 1 aromatic rings. The Balaban J connectivity index is 2.55. The second-order valence-corrected chi connectivity index (χ2v) is 3.27. The number of fused-ring (bicyclic) bond motifs is 1. The summed E-state index contributed by atoms with van der Waals surface area (Å²) < 4.78 is 17.7. The van der Waals surface area contributed by atoms with E-state index in [0.29, 0.717) is 5.69 Å². The third-order valence-corrected chi connectivity index (χ3v) is 2.21. The largest absolute Gasteiger partial charge is 0.465 e. The van der Waals surface area contributed by atoms with Crippen molar-refractivity contribution >= 4 is 23.3 Å². The fourth-order valence-corrected chi connectivity index (χ4v) is 1.51. The summed E-state index contributed by atoms with van der Waals surface area (Å²) in [5.41, 5.74) is 0.627. The van der Waals surface area contributed by atoms with E-state index < -0.39 is 11.8 Å². The zero-order valence-electron chi connectivity index (χ0n) is 8.46. The first-order valence-corrected chi connectivity index (χ1v) is 4.57. The van der Waals surface area contributed by atoms with Gasteiger partial charge in [-0.1, -0.05) is 0 Å². The quantitative estimate of drug-likeness (QED) is 0.698. The Labute approximate surface area is 90.6 Å². The SMILES string of the molecule is COC(=O)c1cc(F)cc2c1NC(=O)CN2. The molecule has 0 aliphatic carbocycles. The van der Waals surface area contributed by atoms with Gasteiger partial charge in [-0.15, -0.1) is 0 Å². The van der Waals surface area contributed by atoms with Crippen LogP contribution in [-0.2, 0) is 9.53 Å². The van der Waals surface area contributed by atoms with Gasteiger partial charge < -0.3 is 15.4 Å². The number of methoxy groups -OCH3 is 1. The van der Waals surface area contributed by atoms with Crippen molar-refractivity contribution in [3.05, 3.63) is 23.5 Å². The summed E-state index contributed by atoms with van der Waals surface area (Å²) in [7, 11) is 1.19. The number of benzene rings is 1. The molecule has 0 saturated carbocycles. The van der Waals surface area contributed by atoms with Crippen molar-refractivity contribution in [3.8, 4) is 0 Å². The molecule has 0 atom stereocenters. The third-order valence-electron chi connectivity index (χ3n) is 2.21. The fraction of sp³-hybridized carbons (Fsp3) is 0.200. The van der Waals surface area contributed by atoms with E-state index >= 15 is 0 Å². The molecule has 16 heavy (non-hydrogen) atoms. The molecule has 0 fully saturated rings. The molecular formula is C10H9FN2O3. The summed E-state index contributed by atoms with van der Waals surface area (Å²) in [6, 6.07) is 2.24. The molecule has 84 valence electrons. The highest BCUT2D eigenvalue weighted by Gasteiger charge is 2.22. The van der Waals surface area contributed by atoms with Crippen molar-refractivity contribution in [2.45, 2.75) is 0 Å². The molecule has 0 saturated heterocycles. The lowest BCUT2D eigenvalue weighted by Gasteiger charge is -2.20. The molecule has 1 heterocycles. The first-order valence-electron chi connectivity index (χ1n) is 4.57. The maximum absolute atomic E-state index is 13.2. The lowest BCUT2D eigenvalue weighted by atomic mass is 10.1. The second-order valence-electron chi connectivity index (χ2n) is 3.27. The number of carbonyl (C=O) groups excluding carboxylic acids is 2. The molecule has 0 spiro atoms. The number of hydrogen-bond donors (Lipinski definition) is 2. The van der Waals surface area contributed by atoms with Crippen molar-refractivity contribution in [3.63, 3.8) is 0 Å². The first kappa shape index (κ1) is 10.4. The maximum Gasteiger partial charge on any atom is 0.340 e. The van der Waals surface area contributed by atoms with Crippen molar-refractivity contribution in [2.75, 3.05) is 24.3 Å². The Hall–Kier alpha value is -2.11. The minimum atomic E-state index is -0.695. The van der Waals surface area contributed by atoms with Gasteiger partial charge >= 0.3 is 5.97 Å². The first-order chi connectivity index (χ1) is 7.61. The summed E-state index contributed by atoms with van der Waals surface area (Å²) in [5, 5.41) is 5.21. The molecule has 0 radical (unpaired) electrons. The Morgan fingerprint density at radius 3 is 2.94 bits per heavy atom. The van der Waals surface area contributed by atoms with Crippen LogP contribution in [0.3, 0.4) is 0 Å². The fourth-order valence-electron chi connectivity index (χ4n) is 1.51. The minimum Gasteiger partial charge on any atom is -0.465 e. The van der Waals surface area contributed by atoms with Crippen molar-refractivity contribution in [1.29, 1.82) is 0 Å². The summed E-state index contributed by atoms with van der Waals surface area (Å²) in [5.74, 6) is -1.55. The average Bonchev–Trinajstić information content (AvgIpc) is 2.27. The molecule has 2 N–H and O–H groups in total. The molecule has 0 bridgehead atoms. The lowest BCUT2D eigenvalue weighted by Crippen LogP contribution is -2.29. The van der Waals surface area contributed by atoms with Crippen molar-refractivity contribution in [1.82, 2.24) is 0 Å². The van der Waals surface area contributed by atoms with E-state index in [4.69, 9.17) is 0 Å². The standard InChI is InChI=1S/C10H9FN2O3/c1-16-10(15)6-2-5(11)3-7-9(6)13-8(14)4-12-7/h2-3,12H,4H2,1H3,(H,13,14). The third kappa shape index (κ3) is 1.69. The Morgan fingerprint density at radius 1 is 1.50 bits per heavy atom. The van der Waals surface area contributed by atoms with E-state index in [1.165, 1.54) is 13.2 Å². The van der Waals surface area contributed by atoms with Crippen LogP contribution in [0.4, 0.5) is 15.8 Å². The summed E-state index contributed by atoms with van der Waals surface area (Å²) >= 11 is 0. The van der Waals surface area contributed by atoms with Crippen LogP contribution in [0.15, 0.2) is 12.1 Å². The maximum atomic E-state index is 13.2. The summed E-state index contributed by atoms with van der Waals surface area (Å²) in [6.45, 7) is 0.0526. The van der Waals surface area contributed by atoms with Crippen LogP contribution in [0.5, 0.6) is 0 Å². The van der Waals surface area contributed by atoms with E-state index in [2.05, 4.69) is 15.4 Å². The second kappa shape index (κ2) is 3.80. The molecule has 6 heteroatoms. The van der Waals surface area contributed by atoms with Gasteiger partial charge in [0.25, 0.3) is 0 Å². The molecule has 1 aliphatic heterocycles. The van der Waals surface area contributed by atoms with Crippen LogP contribution in [0, 0.1) is 5.82 Å². The number of ether oxygens (including phenoxy) is 1. The zero-order chi connectivity index (χ0) is 11.7. The molecular weight excluding hydrogens is 215 g/mol. The number of halogens is 1. The predicted octanol–water partition coefficient (Wildman–Crippen LogP) is 0.976. The zero-order valence-corrected chi connectivity index (χ0v) is 8.46. The van der Waals surface area contributed by atoms with Gasteiger partial charge in [-0.05, 0) is 12.1 Å². The lowest BCUT2D eigenvalue weighted by molar-refractivity contribution is -0.114. The highest BCUT2D eigenvalue weighted by molar-refractivity contribution is 6.08. The van der Waals surface area contributed by atoms with Crippen LogP contribution >= 0.6 is 0 Å². The van der Waals surface area contributed by atoms with Gasteiger partial charge in [0, 0.05) is 0 Å². The Morgan fingerprint density at radius 2 is 2.25 bits per heavy atom. The average molecular weight is 224 g/mol. The summed E-state index contributed by atoms with van der Waals surface area (Å²) in [4.78, 5) is 22.5. The molecule has 1 aliphatic rings. The number of carbonyl (C=O) groups is 2. The van der Waals surface area contributed by atoms with Gasteiger partial charge in [0.05, 0.1) is 30.6 Å². The molecule has 5 nitrogen and oxygen atoms in total. The van der Waals surface area contributed by atoms with Gasteiger partial charge in [-0.2, -0.15) is 0 Å². The molecule has 1 amide bonds. The Kier molecular flexibility index (Phi) is 2.47. The van der Waals surface area contributed by atoms with Crippen LogP contribution in [0.25, 0.3) is 0 Å². The van der Waals surface area contributed by atoms with Gasteiger partial charge in [0.2, 0.25) is 5.91 Å². The molecule has 2 rings (SSSR count). The highest BCUT2D eigenvalue weighted by atomic mass is 19.1. The van der Waals surface area contributed by atoms with Crippen LogP contribution < -0.4 is 10.6 Å². The minimum absolute atomic E-state index is 0.00181. The molecule has 0 aromatic heterocycles. The van der Waals surface area contributed by atoms with Crippen LogP contribution in [0.1, 0.15) is 10.4 Å². The number of rotatable bonds is 1. The van der Waals surface area contributed by atoms with Crippen molar-refractivity contribution in [2.24, 2.45) is 0 Å². The van der Waals surface area contributed by atoms with Gasteiger partial charge in [0.15, 0.2) is 0 Å². The van der Waals surface area contributed by atoms with Crippen LogP contribution in [0.2, 0.25) is 0 Å². The normalized spacial score (nSPS) is 13.5. The smallest absolute Gasteiger partial charge is 0.340 e. The van der Waals surface area contributed by atoms with E-state index in [1.807, 2.05) is 0 Å². The van der Waals surface area contributed by atoms with Crippen LogP contribution in [-0.4, -0.2) is 25.5 Å². The van der Waals surface area contributed by atoms with Crippen molar-refractivity contribution < 1.29 is 18.7 Å². The van der Waals surface area contributed by atoms with Gasteiger partial charge in [-0.3, -0.25) is 4.79 Å². The highest BCUT2D eigenvalue weighted by Crippen LogP contribution is 2.30. The number of anilines is 2. The van der Waals surface area contributed by atoms with E-state index in [9.17, 15) is 14.0 Å². The van der Waals surface area contributed by atoms with Gasteiger partial charge in [0.1, 0.15) is 5.82 Å².